The fourth-order valence-corrected chi connectivity index (χ4v) is 3.13. The summed E-state index contributed by atoms with van der Waals surface area (Å²) in [7, 11) is 1.58. The predicted octanol–water partition coefficient (Wildman–Crippen LogP) is 2.39. The van der Waals surface area contributed by atoms with E-state index in [9.17, 15) is 9.59 Å². The second kappa shape index (κ2) is 9.67. The van der Waals surface area contributed by atoms with Gasteiger partial charge in [0.15, 0.2) is 0 Å². The van der Waals surface area contributed by atoms with Crippen LogP contribution in [0, 0.1) is 11.3 Å². The van der Waals surface area contributed by atoms with Gasteiger partial charge < -0.3 is 10.1 Å². The van der Waals surface area contributed by atoms with Crippen LogP contribution in [-0.4, -0.2) is 40.6 Å². The molecule has 1 amide bonds. The number of benzene rings is 2. The van der Waals surface area contributed by atoms with Gasteiger partial charge in [-0.15, -0.1) is 0 Å². The van der Waals surface area contributed by atoms with E-state index in [2.05, 4.69) is 10.3 Å². The van der Waals surface area contributed by atoms with Gasteiger partial charge in [0.2, 0.25) is 5.91 Å². The molecular formula is C22H23N5O3. The molecule has 3 rings (SSSR count). The lowest BCUT2D eigenvalue weighted by atomic mass is 10.2. The van der Waals surface area contributed by atoms with Gasteiger partial charge in [-0.1, -0.05) is 19.1 Å². The Balaban J connectivity index is 1.78. The van der Waals surface area contributed by atoms with Crippen molar-refractivity contribution in [2.45, 2.75) is 20.0 Å². The van der Waals surface area contributed by atoms with Crippen LogP contribution in [0.15, 0.2) is 53.3 Å². The minimum Gasteiger partial charge on any atom is -0.497 e. The molecule has 3 aromatic rings. The van der Waals surface area contributed by atoms with Crippen LogP contribution in [0.1, 0.15) is 12.7 Å². The Morgan fingerprint density at radius 1 is 1.23 bits per heavy atom. The zero-order valence-corrected chi connectivity index (χ0v) is 17.0. The number of nitrogens with zero attached hydrogens (tertiary/aromatic N) is 4. The maximum Gasteiger partial charge on any atom is 0.262 e. The third-order valence-corrected chi connectivity index (χ3v) is 4.72. The van der Waals surface area contributed by atoms with Crippen LogP contribution in [0.25, 0.3) is 10.9 Å². The standard InChI is InChI=1S/C22H23N5O3/c1-3-26(15-21(28)24-16-8-10-17(30-2)11-9-16)14-20-25-19-7-5-4-6-18(19)22(29)27(20)13-12-23/h4-11H,3,13-15H2,1-2H3,(H,24,28). The number of aromatic nitrogens is 2. The summed E-state index contributed by atoms with van der Waals surface area (Å²) in [6, 6.07) is 16.1. The summed E-state index contributed by atoms with van der Waals surface area (Å²) in [6.45, 7) is 2.80. The molecule has 30 heavy (non-hydrogen) atoms. The molecule has 0 fully saturated rings. The van der Waals surface area contributed by atoms with Crippen LogP contribution in [0.5, 0.6) is 5.75 Å². The molecule has 0 aliphatic heterocycles. The highest BCUT2D eigenvalue weighted by molar-refractivity contribution is 5.92. The van der Waals surface area contributed by atoms with Crippen molar-refractivity contribution in [2.75, 3.05) is 25.5 Å². The van der Waals surface area contributed by atoms with Gasteiger partial charge in [0.05, 0.1) is 37.2 Å². The van der Waals surface area contributed by atoms with Gasteiger partial charge in [-0.25, -0.2) is 4.98 Å². The first kappa shape index (κ1) is 21.0. The first-order valence-electron chi connectivity index (χ1n) is 9.57. The van der Waals surface area contributed by atoms with E-state index in [0.717, 1.165) is 0 Å². The summed E-state index contributed by atoms with van der Waals surface area (Å²) < 4.78 is 6.48. The number of fused-ring (bicyclic) bond motifs is 1. The molecule has 8 heteroatoms. The number of nitrogens with one attached hydrogen (secondary N) is 1. The Hall–Kier alpha value is -3.70. The van der Waals surface area contributed by atoms with E-state index < -0.39 is 0 Å². The summed E-state index contributed by atoms with van der Waals surface area (Å²) >= 11 is 0. The first-order chi connectivity index (χ1) is 14.5. The molecule has 0 saturated heterocycles. The number of anilines is 1. The number of carbonyl (C=O) groups is 1. The molecule has 1 aromatic heterocycles. The van der Waals surface area contributed by atoms with Gasteiger partial charge in [0.1, 0.15) is 18.1 Å². The topological polar surface area (TPSA) is 100 Å². The van der Waals surface area contributed by atoms with E-state index in [1.54, 1.807) is 49.6 Å². The minimum absolute atomic E-state index is 0.0956. The lowest BCUT2D eigenvalue weighted by Crippen LogP contribution is -2.35. The second-order valence-electron chi connectivity index (χ2n) is 6.67. The molecule has 0 radical (unpaired) electrons. The molecule has 0 aliphatic rings. The van der Waals surface area contributed by atoms with Crippen LogP contribution >= 0.6 is 0 Å². The highest BCUT2D eigenvalue weighted by atomic mass is 16.5. The predicted molar refractivity (Wildman–Crippen MR) is 114 cm³/mol. The molecule has 0 unspecified atom stereocenters. The van der Waals surface area contributed by atoms with E-state index in [4.69, 9.17) is 10.00 Å². The third-order valence-electron chi connectivity index (χ3n) is 4.72. The van der Waals surface area contributed by atoms with Crippen LogP contribution < -0.4 is 15.6 Å². The van der Waals surface area contributed by atoms with Crippen molar-refractivity contribution in [3.05, 3.63) is 64.7 Å². The fourth-order valence-electron chi connectivity index (χ4n) is 3.13. The number of rotatable bonds is 8. The van der Waals surface area contributed by atoms with E-state index in [0.29, 0.717) is 34.7 Å². The molecule has 1 heterocycles. The lowest BCUT2D eigenvalue weighted by molar-refractivity contribution is -0.117. The van der Waals surface area contributed by atoms with Gasteiger partial charge in [-0.2, -0.15) is 5.26 Å². The molecule has 8 nitrogen and oxygen atoms in total. The van der Waals surface area contributed by atoms with E-state index in [-0.39, 0.29) is 31.1 Å². The largest absolute Gasteiger partial charge is 0.497 e. The maximum absolute atomic E-state index is 12.8. The number of hydrogen-bond acceptors (Lipinski definition) is 6. The smallest absolute Gasteiger partial charge is 0.262 e. The Morgan fingerprint density at radius 3 is 2.63 bits per heavy atom. The SMILES string of the molecule is CCN(CC(=O)Nc1ccc(OC)cc1)Cc1nc2ccccc2c(=O)n1CC#N. The molecule has 154 valence electrons. The minimum atomic E-state index is -0.254. The lowest BCUT2D eigenvalue weighted by Gasteiger charge is -2.21. The van der Waals surface area contributed by atoms with Gasteiger partial charge >= 0.3 is 0 Å². The van der Waals surface area contributed by atoms with E-state index in [1.165, 1.54) is 4.57 Å². The van der Waals surface area contributed by atoms with Gasteiger partial charge in [0.25, 0.3) is 5.56 Å². The molecule has 1 N–H and O–H groups in total. The molecule has 0 saturated carbocycles. The maximum atomic E-state index is 12.8. The van der Waals surface area contributed by atoms with Crippen LogP contribution in [0.3, 0.4) is 0 Å². The molecule has 0 bridgehead atoms. The molecule has 0 spiro atoms. The van der Waals surface area contributed by atoms with Gasteiger partial charge in [0, 0.05) is 5.69 Å². The molecule has 0 atom stereocenters. The Morgan fingerprint density at radius 2 is 1.97 bits per heavy atom. The fraction of sp³-hybridized carbons (Fsp3) is 0.273. The number of hydrogen-bond donors (Lipinski definition) is 1. The van der Waals surface area contributed by atoms with Crippen molar-refractivity contribution in [2.24, 2.45) is 0 Å². The highest BCUT2D eigenvalue weighted by Gasteiger charge is 2.16. The normalized spacial score (nSPS) is 10.7. The van der Waals surface area contributed by atoms with Crippen molar-refractivity contribution in [3.8, 4) is 11.8 Å². The Labute approximate surface area is 174 Å². The third kappa shape index (κ3) is 4.82. The van der Waals surface area contributed by atoms with Crippen molar-refractivity contribution >= 4 is 22.5 Å². The van der Waals surface area contributed by atoms with E-state index in [1.807, 2.05) is 24.0 Å². The monoisotopic (exact) mass is 405 g/mol. The number of methoxy groups -OCH3 is 1. The molecule has 0 aliphatic carbocycles. The number of amides is 1. The van der Waals surface area contributed by atoms with Crippen LogP contribution in [0.2, 0.25) is 0 Å². The van der Waals surface area contributed by atoms with Crippen molar-refractivity contribution in [1.29, 1.82) is 5.26 Å². The highest BCUT2D eigenvalue weighted by Crippen LogP contribution is 2.15. The van der Waals surface area contributed by atoms with Crippen LogP contribution in [0.4, 0.5) is 5.69 Å². The summed E-state index contributed by atoms with van der Waals surface area (Å²) in [6.07, 6.45) is 0. The Bertz CT molecular complexity index is 1130. The summed E-state index contributed by atoms with van der Waals surface area (Å²) in [5, 5.41) is 12.5. The first-order valence-corrected chi connectivity index (χ1v) is 9.57. The summed E-state index contributed by atoms with van der Waals surface area (Å²) in [5.41, 5.74) is 0.989. The quantitative estimate of drug-likeness (QED) is 0.618. The number of ether oxygens (including phenoxy) is 1. The number of carbonyl (C=O) groups excluding carboxylic acids is 1. The average Bonchev–Trinajstić information content (AvgIpc) is 2.76. The average molecular weight is 405 g/mol. The van der Waals surface area contributed by atoms with Crippen molar-refractivity contribution in [1.82, 2.24) is 14.5 Å². The second-order valence-corrected chi connectivity index (χ2v) is 6.67. The van der Waals surface area contributed by atoms with Crippen molar-refractivity contribution < 1.29 is 9.53 Å². The number of likely N-dealkylation sites (N-methyl/N-ethyl adjacent to an activating group) is 1. The number of nitriles is 1. The number of para-hydroxylation sites is 1. The molecular weight excluding hydrogens is 382 g/mol. The van der Waals surface area contributed by atoms with E-state index >= 15 is 0 Å². The zero-order chi connectivity index (χ0) is 21.5. The molecule has 2 aromatic carbocycles. The van der Waals surface area contributed by atoms with Crippen LogP contribution in [-0.2, 0) is 17.9 Å². The summed E-state index contributed by atoms with van der Waals surface area (Å²) in [5.74, 6) is 0.984. The van der Waals surface area contributed by atoms with Gasteiger partial charge in [-0.3, -0.25) is 19.1 Å². The van der Waals surface area contributed by atoms with Gasteiger partial charge in [-0.05, 0) is 42.9 Å². The Kier molecular flexibility index (Phi) is 6.78. The zero-order valence-electron chi connectivity index (χ0n) is 17.0. The summed E-state index contributed by atoms with van der Waals surface area (Å²) in [4.78, 5) is 31.7. The van der Waals surface area contributed by atoms with Crippen molar-refractivity contribution in [3.63, 3.8) is 0 Å².